The normalized spacial score (nSPS) is 15.8. The van der Waals surface area contributed by atoms with Crippen LogP contribution in [0.1, 0.15) is 44.1 Å². The average Bonchev–Trinajstić information content (AvgIpc) is 2.77. The van der Waals surface area contributed by atoms with E-state index in [1.807, 2.05) is 16.8 Å². The van der Waals surface area contributed by atoms with Crippen LogP contribution in [0.5, 0.6) is 0 Å². The summed E-state index contributed by atoms with van der Waals surface area (Å²) in [5.74, 6) is 0.149. The van der Waals surface area contributed by atoms with E-state index in [1.54, 1.807) is 0 Å². The third kappa shape index (κ3) is 5.26. The Morgan fingerprint density at radius 2 is 1.69 bits per heavy atom. The van der Waals surface area contributed by atoms with Gasteiger partial charge in [0.05, 0.1) is 6.42 Å². The van der Waals surface area contributed by atoms with Crippen LogP contribution in [0.25, 0.3) is 0 Å². The second-order valence-electron chi connectivity index (χ2n) is 8.57. The maximum atomic E-state index is 12.7. The molecule has 26 heavy (non-hydrogen) atoms. The Kier molecular flexibility index (Phi) is 6.37. The SMILES string of the molecule is Cc1cc(CC(=O)N2CCCN(C(=O)NCC(C)(C)C)CC2)c(C)n1C. The lowest BCUT2D eigenvalue weighted by Crippen LogP contribution is -2.45. The van der Waals surface area contributed by atoms with Crippen LogP contribution in [-0.4, -0.2) is 59.0 Å². The fraction of sp³-hybridized carbons (Fsp3) is 0.700. The van der Waals surface area contributed by atoms with Gasteiger partial charge in [0.1, 0.15) is 0 Å². The summed E-state index contributed by atoms with van der Waals surface area (Å²) in [6.45, 7) is 13.7. The molecule has 6 nitrogen and oxygen atoms in total. The van der Waals surface area contributed by atoms with Crippen molar-refractivity contribution in [3.63, 3.8) is 0 Å². The monoisotopic (exact) mass is 362 g/mol. The van der Waals surface area contributed by atoms with Crippen LogP contribution in [-0.2, 0) is 18.3 Å². The molecule has 0 spiro atoms. The van der Waals surface area contributed by atoms with Crippen LogP contribution in [0, 0.1) is 19.3 Å². The Labute approximate surface area is 157 Å². The van der Waals surface area contributed by atoms with Gasteiger partial charge >= 0.3 is 6.03 Å². The molecule has 0 saturated carbocycles. The summed E-state index contributed by atoms with van der Waals surface area (Å²) in [7, 11) is 2.03. The van der Waals surface area contributed by atoms with Gasteiger partial charge in [-0.15, -0.1) is 0 Å². The van der Waals surface area contributed by atoms with Crippen molar-refractivity contribution < 1.29 is 9.59 Å². The predicted molar refractivity (Wildman–Crippen MR) is 104 cm³/mol. The number of rotatable bonds is 3. The summed E-state index contributed by atoms with van der Waals surface area (Å²) in [6.07, 6.45) is 1.26. The number of carbonyl (C=O) groups is 2. The van der Waals surface area contributed by atoms with Crippen molar-refractivity contribution in [1.29, 1.82) is 0 Å². The van der Waals surface area contributed by atoms with E-state index in [4.69, 9.17) is 0 Å². The molecule has 2 rings (SSSR count). The highest BCUT2D eigenvalue weighted by Crippen LogP contribution is 2.16. The van der Waals surface area contributed by atoms with Crippen molar-refractivity contribution in [2.45, 2.75) is 47.5 Å². The van der Waals surface area contributed by atoms with Crippen LogP contribution >= 0.6 is 0 Å². The Balaban J connectivity index is 1.90. The number of hydrogen-bond donors (Lipinski definition) is 1. The third-order valence-corrected chi connectivity index (χ3v) is 5.13. The smallest absolute Gasteiger partial charge is 0.317 e. The molecule has 1 aromatic rings. The Hall–Kier alpha value is -1.98. The molecule has 1 saturated heterocycles. The number of aromatic nitrogens is 1. The summed E-state index contributed by atoms with van der Waals surface area (Å²) in [6, 6.07) is 2.07. The van der Waals surface area contributed by atoms with Crippen LogP contribution < -0.4 is 5.32 Å². The minimum atomic E-state index is -0.0243. The molecule has 0 aliphatic carbocycles. The topological polar surface area (TPSA) is 57.6 Å². The number of aryl methyl sites for hydroxylation is 1. The van der Waals surface area contributed by atoms with Crippen molar-refractivity contribution in [2.75, 3.05) is 32.7 Å². The first-order chi connectivity index (χ1) is 12.1. The zero-order valence-electron chi connectivity index (χ0n) is 17.2. The molecule has 0 bridgehead atoms. The van der Waals surface area contributed by atoms with Gasteiger partial charge in [0, 0.05) is 51.2 Å². The average molecular weight is 363 g/mol. The van der Waals surface area contributed by atoms with E-state index in [0.717, 1.165) is 17.7 Å². The number of nitrogens with zero attached hydrogens (tertiary/aromatic N) is 3. The quantitative estimate of drug-likeness (QED) is 0.898. The van der Waals surface area contributed by atoms with Gasteiger partial charge in [-0.25, -0.2) is 4.79 Å². The molecule has 1 fully saturated rings. The summed E-state index contributed by atoms with van der Waals surface area (Å²) in [4.78, 5) is 28.8. The highest BCUT2D eigenvalue weighted by molar-refractivity contribution is 5.79. The minimum Gasteiger partial charge on any atom is -0.352 e. The summed E-state index contributed by atoms with van der Waals surface area (Å²) in [5.41, 5.74) is 3.48. The van der Waals surface area contributed by atoms with Crippen molar-refractivity contribution in [2.24, 2.45) is 12.5 Å². The number of amides is 3. The van der Waals surface area contributed by atoms with E-state index in [0.29, 0.717) is 39.1 Å². The van der Waals surface area contributed by atoms with Crippen LogP contribution in [0.4, 0.5) is 4.79 Å². The summed E-state index contributed by atoms with van der Waals surface area (Å²) in [5, 5.41) is 3.00. The molecule has 1 aliphatic rings. The standard InChI is InChI=1S/C20H34N4O2/c1-15-12-17(16(2)22(15)6)13-18(25)23-8-7-9-24(11-10-23)19(26)21-14-20(3,4)5/h12H,7-11,13-14H2,1-6H3,(H,21,26). The highest BCUT2D eigenvalue weighted by Gasteiger charge is 2.23. The summed E-state index contributed by atoms with van der Waals surface area (Å²) < 4.78 is 2.12. The number of nitrogens with one attached hydrogen (secondary N) is 1. The number of hydrogen-bond acceptors (Lipinski definition) is 2. The van der Waals surface area contributed by atoms with Crippen LogP contribution in [0.3, 0.4) is 0 Å². The van der Waals surface area contributed by atoms with E-state index in [1.165, 1.54) is 5.69 Å². The van der Waals surface area contributed by atoms with Gasteiger partial charge in [-0.2, -0.15) is 0 Å². The second-order valence-corrected chi connectivity index (χ2v) is 8.57. The molecule has 0 unspecified atom stereocenters. The lowest BCUT2D eigenvalue weighted by molar-refractivity contribution is -0.130. The molecule has 146 valence electrons. The number of urea groups is 1. The molecule has 0 atom stereocenters. The van der Waals surface area contributed by atoms with Crippen molar-refractivity contribution >= 4 is 11.9 Å². The molecule has 0 radical (unpaired) electrons. The maximum Gasteiger partial charge on any atom is 0.317 e. The highest BCUT2D eigenvalue weighted by atomic mass is 16.2. The van der Waals surface area contributed by atoms with Crippen molar-refractivity contribution in [1.82, 2.24) is 19.7 Å². The van der Waals surface area contributed by atoms with E-state index in [9.17, 15) is 9.59 Å². The molecule has 2 heterocycles. The van der Waals surface area contributed by atoms with Crippen LogP contribution in [0.15, 0.2) is 6.07 Å². The fourth-order valence-electron chi connectivity index (χ4n) is 3.21. The molecule has 1 aliphatic heterocycles. The van der Waals surface area contributed by atoms with Crippen molar-refractivity contribution in [3.05, 3.63) is 23.0 Å². The van der Waals surface area contributed by atoms with Gasteiger partial charge in [-0.1, -0.05) is 20.8 Å². The third-order valence-electron chi connectivity index (χ3n) is 5.13. The second kappa shape index (κ2) is 8.14. The summed E-state index contributed by atoms with van der Waals surface area (Å²) >= 11 is 0. The lowest BCUT2D eigenvalue weighted by Gasteiger charge is -2.25. The molecule has 3 amide bonds. The molecular weight excluding hydrogens is 328 g/mol. The van der Waals surface area contributed by atoms with E-state index in [2.05, 4.69) is 50.6 Å². The van der Waals surface area contributed by atoms with Gasteiger partial charge in [-0.3, -0.25) is 4.79 Å². The van der Waals surface area contributed by atoms with E-state index < -0.39 is 0 Å². The van der Waals surface area contributed by atoms with Crippen molar-refractivity contribution in [3.8, 4) is 0 Å². The van der Waals surface area contributed by atoms with Gasteiger partial charge in [-0.05, 0) is 37.3 Å². The van der Waals surface area contributed by atoms with E-state index >= 15 is 0 Å². The largest absolute Gasteiger partial charge is 0.352 e. The Morgan fingerprint density at radius 1 is 1.08 bits per heavy atom. The van der Waals surface area contributed by atoms with Gasteiger partial charge in [0.2, 0.25) is 5.91 Å². The first-order valence-corrected chi connectivity index (χ1v) is 9.51. The Bertz CT molecular complexity index is 658. The number of carbonyl (C=O) groups excluding carboxylic acids is 2. The van der Waals surface area contributed by atoms with Gasteiger partial charge in [0.25, 0.3) is 0 Å². The Morgan fingerprint density at radius 3 is 2.27 bits per heavy atom. The minimum absolute atomic E-state index is 0.0243. The van der Waals surface area contributed by atoms with E-state index in [-0.39, 0.29) is 17.4 Å². The first-order valence-electron chi connectivity index (χ1n) is 9.51. The lowest BCUT2D eigenvalue weighted by atomic mass is 9.97. The molecule has 6 heteroatoms. The first kappa shape index (κ1) is 20.3. The van der Waals surface area contributed by atoms with Gasteiger partial charge in [0.15, 0.2) is 0 Å². The zero-order valence-corrected chi connectivity index (χ0v) is 17.2. The zero-order chi connectivity index (χ0) is 19.5. The predicted octanol–water partition coefficient (Wildman–Crippen LogP) is 2.47. The van der Waals surface area contributed by atoms with Crippen LogP contribution in [0.2, 0.25) is 0 Å². The molecular formula is C20H34N4O2. The van der Waals surface area contributed by atoms with Gasteiger partial charge < -0.3 is 19.7 Å². The molecule has 0 aromatic carbocycles. The molecule has 1 aromatic heterocycles. The maximum absolute atomic E-state index is 12.7. The fourth-order valence-corrected chi connectivity index (χ4v) is 3.21. The molecule has 1 N–H and O–H groups in total.